The van der Waals surface area contributed by atoms with Crippen molar-refractivity contribution in [3.63, 3.8) is 0 Å². The summed E-state index contributed by atoms with van der Waals surface area (Å²) < 4.78 is 5.58. The second kappa shape index (κ2) is 11.0. The predicted molar refractivity (Wildman–Crippen MR) is 111 cm³/mol. The Morgan fingerprint density at radius 3 is 2.04 bits per heavy atom. The van der Waals surface area contributed by atoms with Gasteiger partial charge in [0.15, 0.2) is 5.96 Å². The van der Waals surface area contributed by atoms with E-state index < -0.39 is 0 Å². The van der Waals surface area contributed by atoms with E-state index in [0.717, 1.165) is 11.5 Å². The standard InChI is InChI=1S/C19H25N3O.HI/c1-15(16-10-6-4-7-11-16)22-19(20-2)21-14-18(23-3)17-12-8-5-9-13-17;/h4-13,15,18H,14H2,1-3H3,(H2,20,21,22);1H. The van der Waals surface area contributed by atoms with E-state index >= 15 is 0 Å². The van der Waals surface area contributed by atoms with E-state index in [4.69, 9.17) is 4.74 Å². The molecule has 0 radical (unpaired) electrons. The van der Waals surface area contributed by atoms with Crippen LogP contribution in [0.2, 0.25) is 0 Å². The maximum atomic E-state index is 5.58. The Labute approximate surface area is 161 Å². The predicted octanol–water partition coefficient (Wildman–Crippen LogP) is 3.92. The molecule has 0 aromatic heterocycles. The second-order valence-corrected chi connectivity index (χ2v) is 5.36. The number of nitrogens with one attached hydrogen (secondary N) is 2. The minimum atomic E-state index is -0.0122. The summed E-state index contributed by atoms with van der Waals surface area (Å²) in [4.78, 5) is 4.29. The van der Waals surface area contributed by atoms with Crippen molar-refractivity contribution in [2.75, 3.05) is 20.7 Å². The first kappa shape index (κ1) is 20.4. The molecule has 4 nitrogen and oxygen atoms in total. The minimum Gasteiger partial charge on any atom is -0.375 e. The molecule has 2 aromatic rings. The molecule has 2 atom stereocenters. The van der Waals surface area contributed by atoms with Gasteiger partial charge in [-0.3, -0.25) is 4.99 Å². The number of rotatable bonds is 6. The molecule has 2 unspecified atom stereocenters. The molecule has 0 saturated heterocycles. The third-order valence-electron chi connectivity index (χ3n) is 3.79. The fourth-order valence-corrected chi connectivity index (χ4v) is 2.42. The van der Waals surface area contributed by atoms with Crippen LogP contribution in [0.3, 0.4) is 0 Å². The number of aliphatic imine (C=N–C) groups is 1. The fourth-order valence-electron chi connectivity index (χ4n) is 2.42. The first-order valence-corrected chi connectivity index (χ1v) is 7.84. The summed E-state index contributed by atoms with van der Waals surface area (Å²) in [6, 6.07) is 20.7. The van der Waals surface area contributed by atoms with Gasteiger partial charge in [0.25, 0.3) is 0 Å². The van der Waals surface area contributed by atoms with Crippen LogP contribution in [0.1, 0.15) is 30.2 Å². The lowest BCUT2D eigenvalue weighted by atomic mass is 10.1. The van der Waals surface area contributed by atoms with Gasteiger partial charge < -0.3 is 15.4 Å². The smallest absolute Gasteiger partial charge is 0.191 e. The zero-order chi connectivity index (χ0) is 16.5. The molecule has 130 valence electrons. The number of halogens is 1. The molecular weight excluding hydrogens is 413 g/mol. The van der Waals surface area contributed by atoms with E-state index in [9.17, 15) is 0 Å². The Hall–Kier alpha value is -1.60. The second-order valence-electron chi connectivity index (χ2n) is 5.36. The molecule has 0 fully saturated rings. The van der Waals surface area contributed by atoms with Gasteiger partial charge in [-0.1, -0.05) is 60.7 Å². The largest absolute Gasteiger partial charge is 0.375 e. The molecule has 24 heavy (non-hydrogen) atoms. The van der Waals surface area contributed by atoms with Gasteiger partial charge in [0.05, 0.1) is 12.1 Å². The SMILES string of the molecule is CN=C(NCC(OC)c1ccccc1)NC(C)c1ccccc1.I. The summed E-state index contributed by atoms with van der Waals surface area (Å²) in [7, 11) is 3.50. The van der Waals surface area contributed by atoms with Gasteiger partial charge in [-0.15, -0.1) is 24.0 Å². The Balaban J connectivity index is 0.00000288. The average Bonchev–Trinajstić information content (AvgIpc) is 2.62. The first-order chi connectivity index (χ1) is 11.2. The molecule has 0 heterocycles. The summed E-state index contributed by atoms with van der Waals surface area (Å²) in [6.07, 6.45) is -0.0122. The van der Waals surface area contributed by atoms with Crippen LogP contribution >= 0.6 is 24.0 Å². The van der Waals surface area contributed by atoms with E-state index in [1.165, 1.54) is 5.56 Å². The molecule has 0 saturated carbocycles. The average molecular weight is 439 g/mol. The first-order valence-electron chi connectivity index (χ1n) is 7.84. The number of guanidine groups is 1. The van der Waals surface area contributed by atoms with Gasteiger partial charge in [-0.05, 0) is 18.1 Å². The van der Waals surface area contributed by atoms with Crippen LogP contribution in [0.5, 0.6) is 0 Å². The van der Waals surface area contributed by atoms with Gasteiger partial charge >= 0.3 is 0 Å². The Morgan fingerprint density at radius 2 is 1.54 bits per heavy atom. The molecule has 2 aromatic carbocycles. The Bertz CT molecular complexity index is 605. The molecule has 5 heteroatoms. The monoisotopic (exact) mass is 439 g/mol. The van der Waals surface area contributed by atoms with Crippen LogP contribution in [0.15, 0.2) is 65.7 Å². The zero-order valence-corrected chi connectivity index (χ0v) is 16.7. The molecular formula is C19H26IN3O. The lowest BCUT2D eigenvalue weighted by molar-refractivity contribution is 0.106. The van der Waals surface area contributed by atoms with Gasteiger partial charge in [0.1, 0.15) is 0 Å². The van der Waals surface area contributed by atoms with Crippen LogP contribution in [0.25, 0.3) is 0 Å². The van der Waals surface area contributed by atoms with Crippen molar-refractivity contribution in [3.8, 4) is 0 Å². The van der Waals surface area contributed by atoms with Crippen molar-refractivity contribution in [2.24, 2.45) is 4.99 Å². The van der Waals surface area contributed by atoms with E-state index in [-0.39, 0.29) is 36.1 Å². The van der Waals surface area contributed by atoms with Crippen molar-refractivity contribution < 1.29 is 4.74 Å². The van der Waals surface area contributed by atoms with Gasteiger partial charge in [0.2, 0.25) is 0 Å². The molecule has 0 aliphatic heterocycles. The van der Waals surface area contributed by atoms with Crippen LogP contribution < -0.4 is 10.6 Å². The number of nitrogens with zero attached hydrogens (tertiary/aromatic N) is 1. The molecule has 0 spiro atoms. The highest BCUT2D eigenvalue weighted by Crippen LogP contribution is 2.15. The summed E-state index contributed by atoms with van der Waals surface area (Å²) in [5, 5.41) is 6.73. The van der Waals surface area contributed by atoms with Crippen LogP contribution in [-0.2, 0) is 4.74 Å². The molecule has 0 aliphatic rings. The van der Waals surface area contributed by atoms with E-state index in [0.29, 0.717) is 6.54 Å². The van der Waals surface area contributed by atoms with Crippen molar-refractivity contribution in [1.29, 1.82) is 0 Å². The zero-order valence-electron chi connectivity index (χ0n) is 14.4. The number of hydrogen-bond donors (Lipinski definition) is 2. The summed E-state index contributed by atoms with van der Waals surface area (Å²) in [5.41, 5.74) is 2.37. The Kier molecular flexibility index (Phi) is 9.41. The third kappa shape index (κ3) is 6.13. The van der Waals surface area contributed by atoms with E-state index in [2.05, 4.69) is 46.8 Å². The molecule has 0 amide bonds. The highest BCUT2D eigenvalue weighted by Gasteiger charge is 2.12. The van der Waals surface area contributed by atoms with Crippen LogP contribution in [0, 0.1) is 0 Å². The lowest BCUT2D eigenvalue weighted by Crippen LogP contribution is -2.40. The van der Waals surface area contributed by atoms with Gasteiger partial charge in [0, 0.05) is 20.7 Å². The normalized spacial score (nSPS) is 13.5. The molecule has 2 rings (SSSR count). The molecule has 2 N–H and O–H groups in total. The highest BCUT2D eigenvalue weighted by atomic mass is 127. The highest BCUT2D eigenvalue weighted by molar-refractivity contribution is 14.0. The summed E-state index contributed by atoms with van der Waals surface area (Å²) >= 11 is 0. The number of ether oxygens (including phenoxy) is 1. The van der Waals surface area contributed by atoms with Gasteiger partial charge in [-0.25, -0.2) is 0 Å². The molecule has 0 aliphatic carbocycles. The fraction of sp³-hybridized carbons (Fsp3) is 0.316. The number of hydrogen-bond acceptors (Lipinski definition) is 2. The quantitative estimate of drug-likeness (QED) is 0.408. The van der Waals surface area contributed by atoms with E-state index in [1.54, 1.807) is 14.2 Å². The molecule has 0 bridgehead atoms. The van der Waals surface area contributed by atoms with Crippen molar-refractivity contribution >= 4 is 29.9 Å². The summed E-state index contributed by atoms with van der Waals surface area (Å²) in [6.45, 7) is 2.77. The maximum Gasteiger partial charge on any atom is 0.191 e. The Morgan fingerprint density at radius 1 is 1.00 bits per heavy atom. The minimum absolute atomic E-state index is 0. The van der Waals surface area contributed by atoms with E-state index in [1.807, 2.05) is 36.4 Å². The van der Waals surface area contributed by atoms with Crippen molar-refractivity contribution in [1.82, 2.24) is 10.6 Å². The third-order valence-corrected chi connectivity index (χ3v) is 3.79. The maximum absolute atomic E-state index is 5.58. The van der Waals surface area contributed by atoms with Crippen molar-refractivity contribution in [3.05, 3.63) is 71.8 Å². The van der Waals surface area contributed by atoms with Crippen molar-refractivity contribution in [2.45, 2.75) is 19.1 Å². The topological polar surface area (TPSA) is 45.7 Å². The van der Waals surface area contributed by atoms with Crippen LogP contribution in [0.4, 0.5) is 0 Å². The number of benzene rings is 2. The van der Waals surface area contributed by atoms with Crippen LogP contribution in [-0.4, -0.2) is 26.7 Å². The summed E-state index contributed by atoms with van der Waals surface area (Å²) in [5.74, 6) is 0.763. The number of methoxy groups -OCH3 is 1. The van der Waals surface area contributed by atoms with Gasteiger partial charge in [-0.2, -0.15) is 0 Å². The lowest BCUT2D eigenvalue weighted by Gasteiger charge is -2.21.